The lowest BCUT2D eigenvalue weighted by molar-refractivity contribution is -0.142. The predicted molar refractivity (Wildman–Crippen MR) is 161 cm³/mol. The van der Waals surface area contributed by atoms with Gasteiger partial charge in [-0.15, -0.1) is 0 Å². The maximum Gasteiger partial charge on any atom is 0.326 e. The molecule has 14 heteroatoms. The maximum atomic E-state index is 13.7. The number of phenolic OH excluding ortho intramolecular Hbond substituents is 1. The van der Waals surface area contributed by atoms with Crippen LogP contribution >= 0.6 is 0 Å². The number of aliphatic carboxylic acids is 1. The zero-order valence-corrected chi connectivity index (χ0v) is 23.7. The lowest BCUT2D eigenvalue weighted by Gasteiger charge is -2.25. The third-order valence-electron chi connectivity index (χ3n) is 6.71. The van der Waals surface area contributed by atoms with E-state index in [1.807, 2.05) is 24.3 Å². The average Bonchev–Trinajstić information content (AvgIpc) is 3.37. The van der Waals surface area contributed by atoms with Gasteiger partial charge >= 0.3 is 5.97 Å². The second-order valence-electron chi connectivity index (χ2n) is 10.2. The first kappa shape index (κ1) is 32.4. The van der Waals surface area contributed by atoms with Crippen LogP contribution < -0.4 is 33.2 Å². The number of carboxylic acids is 1. The normalized spacial score (nSPS) is 13.7. The zero-order chi connectivity index (χ0) is 31.5. The van der Waals surface area contributed by atoms with Crippen LogP contribution in [0.15, 0.2) is 59.7 Å². The van der Waals surface area contributed by atoms with E-state index in [9.17, 15) is 29.4 Å². The minimum Gasteiger partial charge on any atom is -0.508 e. The predicted octanol–water partition coefficient (Wildman–Crippen LogP) is -0.401. The summed E-state index contributed by atoms with van der Waals surface area (Å²) in [6.07, 6.45) is 2.11. The highest BCUT2D eigenvalue weighted by Crippen LogP contribution is 2.19. The van der Waals surface area contributed by atoms with Crippen LogP contribution in [0.2, 0.25) is 0 Å². The monoisotopic (exact) mass is 594 g/mol. The van der Waals surface area contributed by atoms with Gasteiger partial charge in [-0.1, -0.05) is 30.3 Å². The van der Waals surface area contributed by atoms with Crippen molar-refractivity contribution in [3.8, 4) is 5.75 Å². The number of guanidine groups is 1. The van der Waals surface area contributed by atoms with Crippen LogP contribution in [0.3, 0.4) is 0 Å². The number of H-pyrrole nitrogens is 1. The van der Waals surface area contributed by atoms with Gasteiger partial charge in [-0.2, -0.15) is 0 Å². The van der Waals surface area contributed by atoms with E-state index in [1.165, 1.54) is 19.1 Å². The molecule has 1 aromatic heterocycles. The fourth-order valence-corrected chi connectivity index (χ4v) is 4.42. The highest BCUT2D eigenvalue weighted by molar-refractivity contribution is 5.95. The molecule has 0 bridgehead atoms. The standard InChI is InChI=1S/C29H38N8O6/c1-16(30)25(39)36-24(14-18-15-34-21-6-3-2-5-20(18)21)27(41)37-23(13-17-8-10-19(38)11-9-17)26(40)35-22(28(42)43)7-4-12-33-29(31)32/h2-3,5-6,8-11,15-16,22-24,34,38H,4,7,12-14,30H2,1H3,(H,35,40)(H,36,39)(H,37,41)(H,42,43)(H4,31,32,33). The van der Waals surface area contributed by atoms with Crippen molar-refractivity contribution in [2.75, 3.05) is 6.54 Å². The number of aromatic hydroxyl groups is 1. The fourth-order valence-electron chi connectivity index (χ4n) is 4.42. The van der Waals surface area contributed by atoms with Crippen LogP contribution in [0.5, 0.6) is 5.75 Å². The third-order valence-corrected chi connectivity index (χ3v) is 6.71. The van der Waals surface area contributed by atoms with Crippen molar-refractivity contribution < 1.29 is 29.4 Å². The van der Waals surface area contributed by atoms with Gasteiger partial charge in [-0.05, 0) is 49.1 Å². The summed E-state index contributed by atoms with van der Waals surface area (Å²) in [6, 6.07) is 8.97. The summed E-state index contributed by atoms with van der Waals surface area (Å²) in [5, 5.41) is 28.1. The van der Waals surface area contributed by atoms with Crippen molar-refractivity contribution in [1.29, 1.82) is 0 Å². The number of para-hydroxylation sites is 1. The van der Waals surface area contributed by atoms with Crippen molar-refractivity contribution in [1.82, 2.24) is 20.9 Å². The Balaban J connectivity index is 1.85. The fraction of sp³-hybridized carbons (Fsp3) is 0.345. The largest absolute Gasteiger partial charge is 0.508 e. The number of carbonyl (C=O) groups is 4. The molecule has 14 nitrogen and oxygen atoms in total. The number of carbonyl (C=O) groups excluding carboxylic acids is 3. The number of nitrogens with zero attached hydrogens (tertiary/aromatic N) is 1. The van der Waals surface area contributed by atoms with Gasteiger partial charge in [0.15, 0.2) is 5.96 Å². The molecule has 12 N–H and O–H groups in total. The van der Waals surface area contributed by atoms with Gasteiger partial charge in [-0.3, -0.25) is 19.4 Å². The number of fused-ring (bicyclic) bond motifs is 1. The molecule has 0 aliphatic heterocycles. The van der Waals surface area contributed by atoms with E-state index in [0.717, 1.165) is 16.5 Å². The highest BCUT2D eigenvalue weighted by atomic mass is 16.4. The van der Waals surface area contributed by atoms with Crippen LogP contribution in [-0.4, -0.2) is 75.6 Å². The molecule has 230 valence electrons. The quantitative estimate of drug-likeness (QED) is 0.0629. The molecule has 4 unspecified atom stereocenters. The van der Waals surface area contributed by atoms with Gasteiger partial charge in [0.1, 0.15) is 23.9 Å². The molecule has 0 saturated heterocycles. The molecule has 0 aliphatic carbocycles. The number of amides is 3. The summed E-state index contributed by atoms with van der Waals surface area (Å²) in [5.74, 6) is -3.37. The van der Waals surface area contributed by atoms with E-state index in [1.54, 1.807) is 18.3 Å². The first-order chi connectivity index (χ1) is 20.4. The number of nitrogens with two attached hydrogens (primary N) is 3. The molecule has 2 aromatic carbocycles. The van der Waals surface area contributed by atoms with Crippen LogP contribution in [0.25, 0.3) is 10.9 Å². The van der Waals surface area contributed by atoms with E-state index in [-0.39, 0.29) is 43.9 Å². The smallest absolute Gasteiger partial charge is 0.326 e. The summed E-state index contributed by atoms with van der Waals surface area (Å²) in [4.78, 5) is 58.5. The summed E-state index contributed by atoms with van der Waals surface area (Å²) < 4.78 is 0. The molecular formula is C29H38N8O6. The molecule has 3 rings (SSSR count). The summed E-state index contributed by atoms with van der Waals surface area (Å²) in [5.41, 5.74) is 18.6. The molecule has 43 heavy (non-hydrogen) atoms. The number of aliphatic imine (C=N–C) groups is 1. The molecule has 3 aromatic rings. The molecule has 0 radical (unpaired) electrons. The number of phenols is 1. The average molecular weight is 595 g/mol. The van der Waals surface area contributed by atoms with Crippen molar-refractivity contribution >= 4 is 40.6 Å². The number of benzene rings is 2. The molecule has 3 amide bonds. The Morgan fingerprint density at radius 1 is 0.884 bits per heavy atom. The molecule has 0 spiro atoms. The Hall–Kier alpha value is -5.11. The third kappa shape index (κ3) is 9.74. The molecular weight excluding hydrogens is 556 g/mol. The molecule has 0 saturated carbocycles. The van der Waals surface area contributed by atoms with Crippen LogP contribution in [-0.2, 0) is 32.0 Å². The first-order valence-corrected chi connectivity index (χ1v) is 13.7. The van der Waals surface area contributed by atoms with Gasteiger partial charge in [0, 0.05) is 36.5 Å². The lowest BCUT2D eigenvalue weighted by atomic mass is 10.0. The van der Waals surface area contributed by atoms with E-state index >= 15 is 0 Å². The van der Waals surface area contributed by atoms with Gasteiger partial charge in [0.2, 0.25) is 17.7 Å². The maximum absolute atomic E-state index is 13.7. The molecule has 0 fully saturated rings. The number of carboxylic acid groups (broad SMARTS) is 1. The molecule has 1 heterocycles. The van der Waals surface area contributed by atoms with E-state index < -0.39 is 47.9 Å². The lowest BCUT2D eigenvalue weighted by Crippen LogP contribution is -2.58. The Morgan fingerprint density at radius 3 is 2.12 bits per heavy atom. The van der Waals surface area contributed by atoms with E-state index in [2.05, 4.69) is 25.9 Å². The number of hydrogen-bond donors (Lipinski definition) is 9. The number of nitrogens with one attached hydrogen (secondary N) is 4. The van der Waals surface area contributed by atoms with Crippen molar-refractivity contribution in [2.45, 2.75) is 56.8 Å². The summed E-state index contributed by atoms with van der Waals surface area (Å²) in [7, 11) is 0. The highest BCUT2D eigenvalue weighted by Gasteiger charge is 2.30. The zero-order valence-electron chi connectivity index (χ0n) is 23.7. The van der Waals surface area contributed by atoms with Gasteiger partial charge in [-0.25, -0.2) is 4.79 Å². The van der Waals surface area contributed by atoms with Gasteiger partial charge < -0.3 is 48.3 Å². The minimum absolute atomic E-state index is 0.0120. The van der Waals surface area contributed by atoms with Crippen molar-refractivity contribution in [2.24, 2.45) is 22.2 Å². The minimum atomic E-state index is -1.28. The second-order valence-corrected chi connectivity index (χ2v) is 10.2. The number of aromatic nitrogens is 1. The second kappa shape index (κ2) is 15.2. The summed E-state index contributed by atoms with van der Waals surface area (Å²) in [6.45, 7) is 1.65. The molecule has 0 aliphatic rings. The number of rotatable bonds is 15. The SMILES string of the molecule is CC(N)C(=O)NC(Cc1c[nH]c2ccccc12)C(=O)NC(Cc1ccc(O)cc1)C(=O)NC(CCCN=C(N)N)C(=O)O. The number of hydrogen-bond acceptors (Lipinski definition) is 7. The number of aromatic amines is 1. The van der Waals surface area contributed by atoms with Gasteiger partial charge in [0.25, 0.3) is 0 Å². The first-order valence-electron chi connectivity index (χ1n) is 13.7. The van der Waals surface area contributed by atoms with Crippen LogP contribution in [0.4, 0.5) is 0 Å². The van der Waals surface area contributed by atoms with Gasteiger partial charge in [0.05, 0.1) is 6.04 Å². The Labute approximate surface area is 248 Å². The van der Waals surface area contributed by atoms with Crippen LogP contribution in [0, 0.1) is 0 Å². The summed E-state index contributed by atoms with van der Waals surface area (Å²) >= 11 is 0. The molecule has 4 atom stereocenters. The van der Waals surface area contributed by atoms with E-state index in [0.29, 0.717) is 5.56 Å². The Kier molecular flexibility index (Phi) is 11.5. The van der Waals surface area contributed by atoms with Crippen molar-refractivity contribution in [3.63, 3.8) is 0 Å². The topological polar surface area (TPSA) is 251 Å². The van der Waals surface area contributed by atoms with E-state index in [4.69, 9.17) is 17.2 Å². The Morgan fingerprint density at radius 2 is 1.49 bits per heavy atom. The van der Waals surface area contributed by atoms with Crippen LogP contribution in [0.1, 0.15) is 30.9 Å². The van der Waals surface area contributed by atoms with Crippen molar-refractivity contribution in [3.05, 3.63) is 65.9 Å². The Bertz CT molecular complexity index is 1450.